The van der Waals surface area contributed by atoms with Crippen molar-refractivity contribution < 1.29 is 28.6 Å². The van der Waals surface area contributed by atoms with Gasteiger partial charge in [-0.15, -0.1) is 0 Å². The van der Waals surface area contributed by atoms with E-state index in [-0.39, 0.29) is 18.9 Å². The minimum Gasteiger partial charge on any atom is -0.461 e. The van der Waals surface area contributed by atoms with Crippen LogP contribution in [0.4, 0.5) is 0 Å². The van der Waals surface area contributed by atoms with Crippen LogP contribution in [-0.4, -0.2) is 57.9 Å². The Morgan fingerprint density at radius 2 is 2.16 bits per heavy atom. The summed E-state index contributed by atoms with van der Waals surface area (Å²) in [5, 5.41) is 2.51. The van der Waals surface area contributed by atoms with Gasteiger partial charge in [-0.3, -0.25) is 9.59 Å². The van der Waals surface area contributed by atoms with E-state index in [0.717, 1.165) is 6.21 Å². The second-order valence-electron chi connectivity index (χ2n) is 5.41. The molecule has 0 bridgehead atoms. The lowest BCUT2D eigenvalue weighted by Gasteiger charge is -2.21. The zero-order valence-electron chi connectivity index (χ0n) is 14.3. The Hall–Kier alpha value is -2.84. The molecule has 0 aliphatic rings. The summed E-state index contributed by atoms with van der Waals surface area (Å²) >= 11 is 0. The smallest absolute Gasteiger partial charge is 0.328 e. The highest BCUT2D eigenvalue weighted by molar-refractivity contribution is 6.25. The number of imidazole rings is 1. The molecule has 1 aromatic rings. The van der Waals surface area contributed by atoms with Crippen LogP contribution in [0.15, 0.2) is 12.5 Å². The monoisotopic (exact) mass is 351 g/mol. The molecule has 0 unspecified atom stereocenters. The Morgan fingerprint density at radius 1 is 1.44 bits per heavy atom. The molecule has 0 aromatic carbocycles. The van der Waals surface area contributed by atoms with Crippen LogP contribution in [0.3, 0.4) is 0 Å². The van der Waals surface area contributed by atoms with Gasteiger partial charge in [-0.05, 0) is 20.3 Å². The minimum atomic E-state index is -1.05. The molecule has 1 amide bonds. The molecule has 0 saturated carbocycles. The number of hydrogen-bond donors (Lipinski definition) is 2. The second-order valence-corrected chi connectivity index (χ2v) is 5.41. The number of Topliss-reactive ketones (excluding diaryl/α,β-unsaturated/α-hetero) is 1. The van der Waals surface area contributed by atoms with Gasteiger partial charge in [-0.1, -0.05) is 0 Å². The Balaban J connectivity index is 2.83. The number of nitrogens with one attached hydrogen (secondary N) is 2. The summed E-state index contributed by atoms with van der Waals surface area (Å²) in [6, 6.07) is -1.05. The third-order valence-corrected chi connectivity index (χ3v) is 3.10. The Labute approximate surface area is 144 Å². The molecule has 2 N–H and O–H groups in total. The summed E-state index contributed by atoms with van der Waals surface area (Å²) in [5.74, 6) is -1.76. The zero-order valence-corrected chi connectivity index (χ0v) is 14.3. The molecule has 0 aliphatic heterocycles. The van der Waals surface area contributed by atoms with E-state index in [9.17, 15) is 14.4 Å². The number of esters is 1. The van der Waals surface area contributed by atoms with E-state index in [4.69, 9.17) is 15.0 Å². The average Bonchev–Trinajstić information content (AvgIpc) is 3.05. The summed E-state index contributed by atoms with van der Waals surface area (Å²) in [5.41, 5.74) is 8.69. The first-order valence-electron chi connectivity index (χ1n) is 7.61. The van der Waals surface area contributed by atoms with E-state index in [1.54, 1.807) is 13.8 Å². The SMILES string of the molecule is CO[C@H](C(=O)N[C@@H](CCC(=O)C=[N+]=[N-])C(=O)OC(C)C)c1c[nH]cn1. The van der Waals surface area contributed by atoms with Crippen LogP contribution in [-0.2, 0) is 23.9 Å². The van der Waals surface area contributed by atoms with Crippen molar-refractivity contribution >= 4 is 23.9 Å². The standard InChI is InChI=1S/C15H21N5O5/c1-9(2)25-15(23)11(5-4-10(21)6-19-16)20-14(22)13(24-3)12-7-17-8-18-12/h6-9,11,13H,4-5H2,1-3H3,(H,17,18)(H,20,22)/t11-,13-/m0/s1. The van der Waals surface area contributed by atoms with E-state index in [0.29, 0.717) is 5.69 Å². The Kier molecular flexibility index (Phi) is 8.17. The number of aromatic amines is 1. The van der Waals surface area contributed by atoms with Crippen LogP contribution in [0.2, 0.25) is 0 Å². The van der Waals surface area contributed by atoms with Crippen LogP contribution in [0.5, 0.6) is 0 Å². The van der Waals surface area contributed by atoms with Gasteiger partial charge in [0.15, 0.2) is 6.10 Å². The molecule has 10 nitrogen and oxygen atoms in total. The lowest BCUT2D eigenvalue weighted by molar-refractivity contribution is -0.153. The summed E-state index contributed by atoms with van der Waals surface area (Å²) in [4.78, 5) is 45.3. The van der Waals surface area contributed by atoms with E-state index >= 15 is 0 Å². The van der Waals surface area contributed by atoms with Crippen molar-refractivity contribution in [3.63, 3.8) is 0 Å². The molecule has 0 spiro atoms. The molecule has 0 radical (unpaired) electrons. The van der Waals surface area contributed by atoms with Crippen molar-refractivity contribution in [3.05, 3.63) is 23.7 Å². The van der Waals surface area contributed by atoms with Crippen LogP contribution in [0, 0.1) is 0 Å². The van der Waals surface area contributed by atoms with Crippen molar-refractivity contribution in [1.82, 2.24) is 15.3 Å². The fourth-order valence-electron chi connectivity index (χ4n) is 2.00. The van der Waals surface area contributed by atoms with E-state index in [2.05, 4.69) is 20.1 Å². The highest BCUT2D eigenvalue weighted by atomic mass is 16.5. The third kappa shape index (κ3) is 6.66. The topological polar surface area (TPSA) is 147 Å². The van der Waals surface area contributed by atoms with Crippen LogP contribution >= 0.6 is 0 Å². The summed E-state index contributed by atoms with van der Waals surface area (Å²) in [7, 11) is 1.33. The minimum absolute atomic E-state index is 0.0147. The van der Waals surface area contributed by atoms with Crippen molar-refractivity contribution in [2.24, 2.45) is 0 Å². The van der Waals surface area contributed by atoms with Gasteiger partial charge in [0.25, 0.3) is 5.91 Å². The van der Waals surface area contributed by atoms with Crippen LogP contribution in [0.25, 0.3) is 5.53 Å². The van der Waals surface area contributed by atoms with Gasteiger partial charge in [0.2, 0.25) is 5.78 Å². The molecule has 0 aliphatic carbocycles. The summed E-state index contributed by atoms with van der Waals surface area (Å²) in [6.45, 7) is 3.34. The quantitative estimate of drug-likeness (QED) is 0.266. The van der Waals surface area contributed by atoms with Gasteiger partial charge in [-0.2, -0.15) is 4.79 Å². The van der Waals surface area contributed by atoms with Gasteiger partial charge in [0.1, 0.15) is 6.04 Å². The van der Waals surface area contributed by atoms with Crippen molar-refractivity contribution in [2.45, 2.75) is 44.9 Å². The fourth-order valence-corrected chi connectivity index (χ4v) is 2.00. The van der Waals surface area contributed by atoms with Crippen molar-refractivity contribution in [3.8, 4) is 0 Å². The second kappa shape index (κ2) is 10.1. The third-order valence-electron chi connectivity index (χ3n) is 3.10. The normalized spacial score (nSPS) is 12.8. The molecule has 1 rings (SSSR count). The average molecular weight is 351 g/mol. The Morgan fingerprint density at radius 3 is 2.68 bits per heavy atom. The van der Waals surface area contributed by atoms with Crippen molar-refractivity contribution in [1.29, 1.82) is 0 Å². The molecule has 0 fully saturated rings. The van der Waals surface area contributed by atoms with Gasteiger partial charge < -0.3 is 25.3 Å². The number of methoxy groups -OCH3 is 1. The van der Waals surface area contributed by atoms with Gasteiger partial charge in [0.05, 0.1) is 18.1 Å². The lowest BCUT2D eigenvalue weighted by atomic mass is 10.1. The molecular formula is C15H21N5O5. The predicted octanol–water partition coefficient (Wildman–Crippen LogP) is 0.184. The molecule has 10 heteroatoms. The lowest BCUT2D eigenvalue weighted by Crippen LogP contribution is -2.45. The maximum Gasteiger partial charge on any atom is 0.328 e. The number of aromatic nitrogens is 2. The first-order chi connectivity index (χ1) is 11.9. The van der Waals surface area contributed by atoms with Crippen molar-refractivity contribution in [2.75, 3.05) is 7.11 Å². The fraction of sp³-hybridized carbons (Fsp3) is 0.533. The number of amides is 1. The van der Waals surface area contributed by atoms with E-state index in [1.807, 2.05) is 0 Å². The predicted molar refractivity (Wildman–Crippen MR) is 85.4 cm³/mol. The maximum absolute atomic E-state index is 12.4. The number of rotatable bonds is 10. The molecule has 2 atom stereocenters. The highest BCUT2D eigenvalue weighted by Crippen LogP contribution is 2.14. The highest BCUT2D eigenvalue weighted by Gasteiger charge is 2.29. The number of hydrogen-bond acceptors (Lipinski definition) is 6. The van der Waals surface area contributed by atoms with E-state index < -0.39 is 29.8 Å². The molecule has 1 aromatic heterocycles. The number of carbonyl (C=O) groups excluding carboxylic acids is 3. The van der Waals surface area contributed by atoms with E-state index in [1.165, 1.54) is 19.6 Å². The maximum atomic E-state index is 12.4. The summed E-state index contributed by atoms with van der Waals surface area (Å²) in [6.07, 6.45) is 2.10. The molecule has 136 valence electrons. The van der Waals surface area contributed by atoms with Gasteiger partial charge >= 0.3 is 12.2 Å². The summed E-state index contributed by atoms with van der Waals surface area (Å²) < 4.78 is 10.2. The van der Waals surface area contributed by atoms with Crippen LogP contribution < -0.4 is 5.32 Å². The first-order valence-corrected chi connectivity index (χ1v) is 7.61. The molecular weight excluding hydrogens is 330 g/mol. The number of ketones is 1. The largest absolute Gasteiger partial charge is 0.461 e. The number of ether oxygens (including phenoxy) is 2. The molecule has 0 saturated heterocycles. The number of carbonyl (C=O) groups is 3. The van der Waals surface area contributed by atoms with Gasteiger partial charge in [-0.25, -0.2) is 9.78 Å². The zero-order chi connectivity index (χ0) is 18.8. The van der Waals surface area contributed by atoms with Gasteiger partial charge in [0, 0.05) is 19.7 Å². The number of nitrogens with zero attached hydrogens (tertiary/aromatic N) is 3. The molecule has 25 heavy (non-hydrogen) atoms. The molecule has 1 heterocycles. The van der Waals surface area contributed by atoms with Crippen LogP contribution in [0.1, 0.15) is 38.5 Å². The number of H-pyrrole nitrogens is 1. The Bertz CT molecular complexity index is 637. The first kappa shape index (κ1) is 20.2.